The molecule has 0 bridgehead atoms. The van der Waals surface area contributed by atoms with Gasteiger partial charge in [0.1, 0.15) is 0 Å². The molecule has 0 aliphatic heterocycles. The molecule has 0 heterocycles. The molecule has 2 heteroatoms. The normalized spacial score (nSPS) is 13.1. The van der Waals surface area contributed by atoms with Crippen LogP contribution in [0, 0.1) is 0 Å². The summed E-state index contributed by atoms with van der Waals surface area (Å²) in [6.45, 7) is 0. The van der Waals surface area contributed by atoms with Gasteiger partial charge in [0.15, 0.2) is 0 Å². The summed E-state index contributed by atoms with van der Waals surface area (Å²) < 4.78 is 0. The van der Waals surface area contributed by atoms with Crippen LogP contribution in [0.1, 0.15) is 18.4 Å². The number of benzene rings is 3. The Morgan fingerprint density at radius 3 is 2.41 bits per heavy atom. The fourth-order valence-corrected chi connectivity index (χ4v) is 6.93. The van der Waals surface area contributed by atoms with Crippen molar-refractivity contribution in [1.29, 1.82) is 0 Å². The van der Waals surface area contributed by atoms with Crippen molar-refractivity contribution in [2.45, 2.75) is 24.4 Å². The molecule has 1 unspecified atom stereocenters. The number of rotatable bonds is 6. The highest BCUT2D eigenvalue weighted by molar-refractivity contribution is 6.62. The van der Waals surface area contributed by atoms with E-state index in [0.29, 0.717) is 0 Å². The second-order valence-electron chi connectivity index (χ2n) is 6.33. The molecule has 0 fully saturated rings. The largest absolute Gasteiger partial charge is 0.0670 e. The predicted molar refractivity (Wildman–Crippen MR) is 105 cm³/mol. The van der Waals surface area contributed by atoms with E-state index >= 15 is 0 Å². The molecule has 3 rings (SSSR count). The monoisotopic (exact) mass is 320 g/mol. The maximum Gasteiger partial charge on any atom is 0.0544 e. The Morgan fingerprint density at radius 2 is 1.55 bits per heavy atom. The summed E-state index contributed by atoms with van der Waals surface area (Å²) in [4.78, 5) is 0. The van der Waals surface area contributed by atoms with Crippen LogP contribution >= 0.6 is 0 Å². The number of hydrogen-bond acceptors (Lipinski definition) is 0. The van der Waals surface area contributed by atoms with Crippen molar-refractivity contribution < 1.29 is 0 Å². The highest BCUT2D eigenvalue weighted by Crippen LogP contribution is 2.21. The fourth-order valence-electron chi connectivity index (χ4n) is 3.27. The van der Waals surface area contributed by atoms with Crippen molar-refractivity contribution >= 4 is 35.7 Å². The molecule has 0 radical (unpaired) electrons. The molecule has 0 saturated heterocycles. The Labute approximate surface area is 138 Å². The molecule has 0 aromatic heterocycles. The zero-order chi connectivity index (χ0) is 15.2. The van der Waals surface area contributed by atoms with Crippen LogP contribution in [0.3, 0.4) is 0 Å². The summed E-state index contributed by atoms with van der Waals surface area (Å²) in [5, 5.41) is 5.47. The van der Waals surface area contributed by atoms with Crippen molar-refractivity contribution in [2.24, 2.45) is 0 Å². The topological polar surface area (TPSA) is 0 Å². The first-order chi connectivity index (χ1) is 10.8. The smallest absolute Gasteiger partial charge is 0.0544 e. The lowest BCUT2D eigenvalue weighted by Crippen LogP contribution is -2.19. The summed E-state index contributed by atoms with van der Waals surface area (Å²) in [6, 6.07) is 26.6. The van der Waals surface area contributed by atoms with Gasteiger partial charge in [-0.15, -0.1) is 0 Å². The van der Waals surface area contributed by atoms with Crippen molar-refractivity contribution in [3.8, 4) is 0 Å². The zero-order valence-electron chi connectivity index (χ0n) is 13.3. The summed E-state index contributed by atoms with van der Waals surface area (Å²) in [6.07, 6.45) is 3.97. The third-order valence-corrected chi connectivity index (χ3v) is 8.30. The van der Waals surface area contributed by atoms with E-state index < -0.39 is 0 Å². The molecule has 22 heavy (non-hydrogen) atoms. The van der Waals surface area contributed by atoms with Crippen LogP contribution in [0.4, 0.5) is 0 Å². The number of fused-ring (bicyclic) bond motifs is 1. The maximum atomic E-state index is 2.32. The Balaban J connectivity index is 1.56. The molecule has 0 spiro atoms. The maximum absolute atomic E-state index is 2.32. The lowest BCUT2D eigenvalue weighted by Gasteiger charge is -2.11. The first-order valence-corrected chi connectivity index (χ1v) is 11.0. The molecule has 0 N–H and O–H groups in total. The summed E-state index contributed by atoms with van der Waals surface area (Å²) >= 11 is 0. The van der Waals surface area contributed by atoms with E-state index in [1.54, 1.807) is 5.19 Å². The van der Waals surface area contributed by atoms with Crippen molar-refractivity contribution in [3.63, 3.8) is 0 Å². The average Bonchev–Trinajstić information content (AvgIpc) is 2.56. The predicted octanol–water partition coefficient (Wildman–Crippen LogP) is 2.77. The lowest BCUT2D eigenvalue weighted by atomic mass is 10.0. The molecule has 0 nitrogen and oxygen atoms in total. The molecule has 3 aromatic rings. The minimum absolute atomic E-state index is 0.0666. The van der Waals surface area contributed by atoms with Crippen LogP contribution in [0.2, 0.25) is 5.16 Å². The van der Waals surface area contributed by atoms with E-state index in [0.717, 1.165) is 5.16 Å². The second-order valence-corrected chi connectivity index (χ2v) is 12.2. The first-order valence-electron chi connectivity index (χ1n) is 8.33. The molecular weight excluding hydrogens is 296 g/mol. The summed E-state index contributed by atoms with van der Waals surface area (Å²) in [7, 11) is 1.28. The van der Waals surface area contributed by atoms with E-state index in [4.69, 9.17) is 0 Å². The quantitative estimate of drug-likeness (QED) is 0.613. The van der Waals surface area contributed by atoms with Gasteiger partial charge in [0.05, 0.1) is 9.52 Å². The Hall–Kier alpha value is -1.65. The highest BCUT2D eigenvalue weighted by Gasteiger charge is 2.06. The van der Waals surface area contributed by atoms with Crippen LogP contribution < -0.4 is 5.19 Å². The van der Waals surface area contributed by atoms with Gasteiger partial charge in [0, 0.05) is 10.2 Å². The van der Waals surface area contributed by atoms with Gasteiger partial charge in [-0.1, -0.05) is 89.6 Å². The number of aryl methyl sites for hydroxylation is 1. The van der Waals surface area contributed by atoms with Gasteiger partial charge in [0.25, 0.3) is 0 Å². The Morgan fingerprint density at radius 1 is 0.818 bits per heavy atom. The SMILES string of the molecule is [SiH3]C(CCCc1cccc2ccccc12)[SiH2]c1ccccc1. The average molecular weight is 321 g/mol. The highest BCUT2D eigenvalue weighted by atomic mass is 28.2. The fraction of sp³-hybridized carbons (Fsp3) is 0.200. The molecule has 112 valence electrons. The van der Waals surface area contributed by atoms with Gasteiger partial charge in [-0.3, -0.25) is 0 Å². The zero-order valence-corrected chi connectivity index (χ0v) is 16.7. The van der Waals surface area contributed by atoms with E-state index in [9.17, 15) is 0 Å². The molecule has 3 aromatic carbocycles. The minimum atomic E-state index is -0.0666. The van der Waals surface area contributed by atoms with Gasteiger partial charge >= 0.3 is 0 Å². The van der Waals surface area contributed by atoms with Crippen molar-refractivity contribution in [1.82, 2.24) is 0 Å². The van der Waals surface area contributed by atoms with Gasteiger partial charge in [-0.05, 0) is 29.2 Å². The van der Waals surface area contributed by atoms with Crippen LogP contribution in [-0.4, -0.2) is 19.8 Å². The first kappa shape index (κ1) is 15.3. The number of hydrogen-bond donors (Lipinski definition) is 0. The van der Waals surface area contributed by atoms with Gasteiger partial charge in [-0.25, -0.2) is 0 Å². The molecule has 0 aliphatic rings. The van der Waals surface area contributed by atoms with Crippen LogP contribution in [0.25, 0.3) is 10.8 Å². The summed E-state index contributed by atoms with van der Waals surface area (Å²) in [5.74, 6) is 0. The standard InChI is InChI=1S/C20H24Si2/c21-20(22-18-12-2-1-3-13-18)15-7-11-17-10-6-9-16-8-4-5-14-19(16)17/h1-6,8-10,12-14,20H,7,11,15,22H2,21H3. The molecule has 1 atom stereocenters. The molecular formula is C20H24Si2. The molecule has 0 saturated carbocycles. The third-order valence-electron chi connectivity index (χ3n) is 4.45. The van der Waals surface area contributed by atoms with Gasteiger partial charge in [0.2, 0.25) is 0 Å². The van der Waals surface area contributed by atoms with Gasteiger partial charge < -0.3 is 0 Å². The minimum Gasteiger partial charge on any atom is -0.0670 e. The van der Waals surface area contributed by atoms with Gasteiger partial charge in [-0.2, -0.15) is 0 Å². The van der Waals surface area contributed by atoms with Crippen LogP contribution in [-0.2, 0) is 6.42 Å². The Bertz CT molecular complexity index is 717. The van der Waals surface area contributed by atoms with E-state index in [-0.39, 0.29) is 9.52 Å². The van der Waals surface area contributed by atoms with E-state index in [1.807, 2.05) is 0 Å². The molecule has 0 aliphatic carbocycles. The Kier molecular flexibility index (Phi) is 5.25. The van der Waals surface area contributed by atoms with Crippen LogP contribution in [0.15, 0.2) is 72.8 Å². The van der Waals surface area contributed by atoms with Crippen molar-refractivity contribution in [2.75, 3.05) is 0 Å². The summed E-state index contributed by atoms with van der Waals surface area (Å²) in [5.41, 5.74) is 1.52. The second kappa shape index (κ2) is 7.57. The van der Waals surface area contributed by atoms with E-state index in [2.05, 4.69) is 72.8 Å². The third kappa shape index (κ3) is 3.96. The van der Waals surface area contributed by atoms with Crippen LogP contribution in [0.5, 0.6) is 0 Å². The van der Waals surface area contributed by atoms with E-state index in [1.165, 1.54) is 45.8 Å². The molecule has 0 amide bonds. The lowest BCUT2D eigenvalue weighted by molar-refractivity contribution is 0.774. The van der Waals surface area contributed by atoms with Crippen molar-refractivity contribution in [3.05, 3.63) is 78.4 Å².